The van der Waals surface area contributed by atoms with E-state index in [4.69, 9.17) is 0 Å². The predicted molar refractivity (Wildman–Crippen MR) is 103 cm³/mol. The van der Waals surface area contributed by atoms with Gasteiger partial charge in [0.1, 0.15) is 5.75 Å². The molecule has 5 heteroatoms. The molecule has 1 aliphatic rings. The summed E-state index contributed by atoms with van der Waals surface area (Å²) in [4.78, 5) is 16.7. The summed E-state index contributed by atoms with van der Waals surface area (Å²) in [7, 11) is 0. The van der Waals surface area contributed by atoms with Crippen molar-refractivity contribution in [2.75, 3.05) is 5.32 Å². The average Bonchev–Trinajstić information content (AvgIpc) is 3.03. The third-order valence-electron chi connectivity index (χ3n) is 4.43. The van der Waals surface area contributed by atoms with Crippen molar-refractivity contribution in [3.63, 3.8) is 0 Å². The molecule has 0 spiro atoms. The Labute approximate surface area is 151 Å². The van der Waals surface area contributed by atoms with Gasteiger partial charge in [-0.25, -0.2) is 4.98 Å². The first-order valence-corrected chi connectivity index (χ1v) is 9.36. The Morgan fingerprint density at radius 1 is 1.40 bits per heavy atom. The van der Waals surface area contributed by atoms with Crippen molar-refractivity contribution in [2.24, 2.45) is 11.8 Å². The average molecular weight is 354 g/mol. The number of phenols is 1. The molecule has 1 aromatic heterocycles. The lowest BCUT2D eigenvalue weighted by molar-refractivity contribution is -0.115. The van der Waals surface area contributed by atoms with E-state index < -0.39 is 0 Å². The Hall–Kier alpha value is -2.40. The van der Waals surface area contributed by atoms with Crippen molar-refractivity contribution >= 4 is 27.9 Å². The van der Waals surface area contributed by atoms with Crippen molar-refractivity contribution in [2.45, 2.75) is 26.7 Å². The molecule has 2 unspecified atom stereocenters. The SMILES string of the molecule is CCC1C=CC(c2csc(NC(=O)Cc3cccc(O)c3)n2)=CC1C. The molecule has 25 heavy (non-hydrogen) atoms. The summed E-state index contributed by atoms with van der Waals surface area (Å²) in [5.41, 5.74) is 2.78. The maximum atomic E-state index is 12.2. The molecule has 0 saturated heterocycles. The number of rotatable bonds is 5. The molecule has 1 aliphatic carbocycles. The van der Waals surface area contributed by atoms with Gasteiger partial charge in [0.05, 0.1) is 12.1 Å². The summed E-state index contributed by atoms with van der Waals surface area (Å²) in [6.07, 6.45) is 7.97. The van der Waals surface area contributed by atoms with Gasteiger partial charge in [-0.1, -0.05) is 44.2 Å². The highest BCUT2D eigenvalue weighted by molar-refractivity contribution is 7.14. The van der Waals surface area contributed by atoms with Gasteiger partial charge in [-0.3, -0.25) is 4.79 Å². The molecule has 1 amide bonds. The number of aromatic nitrogens is 1. The topological polar surface area (TPSA) is 62.2 Å². The van der Waals surface area contributed by atoms with Crippen LogP contribution in [-0.4, -0.2) is 16.0 Å². The number of benzene rings is 1. The van der Waals surface area contributed by atoms with Crippen LogP contribution in [0.25, 0.3) is 5.57 Å². The van der Waals surface area contributed by atoms with Crippen molar-refractivity contribution < 1.29 is 9.90 Å². The quantitative estimate of drug-likeness (QED) is 0.822. The largest absolute Gasteiger partial charge is 0.508 e. The van der Waals surface area contributed by atoms with E-state index in [2.05, 4.69) is 42.4 Å². The lowest BCUT2D eigenvalue weighted by atomic mass is 9.85. The van der Waals surface area contributed by atoms with Crippen molar-refractivity contribution in [1.82, 2.24) is 4.98 Å². The van der Waals surface area contributed by atoms with Gasteiger partial charge in [0.15, 0.2) is 5.13 Å². The fourth-order valence-electron chi connectivity index (χ4n) is 3.02. The summed E-state index contributed by atoms with van der Waals surface area (Å²) >= 11 is 1.43. The molecular formula is C20H22N2O2S. The van der Waals surface area contributed by atoms with E-state index in [1.165, 1.54) is 11.3 Å². The Balaban J connectivity index is 1.64. The van der Waals surface area contributed by atoms with Gasteiger partial charge in [0.2, 0.25) is 5.91 Å². The number of amides is 1. The fourth-order valence-corrected chi connectivity index (χ4v) is 3.76. The molecule has 0 bridgehead atoms. The summed E-state index contributed by atoms with van der Waals surface area (Å²) in [6.45, 7) is 4.43. The molecule has 2 atom stereocenters. The van der Waals surface area contributed by atoms with Crippen LogP contribution in [0.3, 0.4) is 0 Å². The van der Waals surface area contributed by atoms with Gasteiger partial charge in [-0.15, -0.1) is 11.3 Å². The summed E-state index contributed by atoms with van der Waals surface area (Å²) < 4.78 is 0. The van der Waals surface area contributed by atoms with Crippen LogP contribution in [0, 0.1) is 11.8 Å². The number of carbonyl (C=O) groups is 1. The Bertz CT molecular complexity index is 823. The predicted octanol–water partition coefficient (Wildman–Crippen LogP) is 4.65. The third-order valence-corrected chi connectivity index (χ3v) is 5.19. The Morgan fingerprint density at radius 3 is 2.96 bits per heavy atom. The van der Waals surface area contributed by atoms with Crippen LogP contribution >= 0.6 is 11.3 Å². The number of anilines is 1. The zero-order valence-electron chi connectivity index (χ0n) is 14.4. The van der Waals surface area contributed by atoms with E-state index >= 15 is 0 Å². The van der Waals surface area contributed by atoms with E-state index in [-0.39, 0.29) is 18.1 Å². The number of carbonyl (C=O) groups excluding carboxylic acids is 1. The standard InChI is InChI=1S/C20H22N2O2S/c1-3-15-7-8-16(9-13(15)2)18-12-25-20(21-18)22-19(24)11-14-5-4-6-17(23)10-14/h4-10,12-13,15,23H,3,11H2,1-2H3,(H,21,22,24). The van der Waals surface area contributed by atoms with Gasteiger partial charge in [0.25, 0.3) is 0 Å². The molecule has 1 heterocycles. The minimum absolute atomic E-state index is 0.140. The summed E-state index contributed by atoms with van der Waals surface area (Å²) in [5.74, 6) is 1.11. The lowest BCUT2D eigenvalue weighted by Crippen LogP contribution is -2.14. The molecule has 0 aliphatic heterocycles. The monoisotopic (exact) mass is 354 g/mol. The number of aromatic hydroxyl groups is 1. The first-order valence-electron chi connectivity index (χ1n) is 8.49. The van der Waals surface area contributed by atoms with Gasteiger partial charge in [0, 0.05) is 5.38 Å². The molecule has 0 saturated carbocycles. The Kier molecular flexibility index (Phi) is 5.34. The minimum atomic E-state index is -0.140. The van der Waals surface area contributed by atoms with Crippen LogP contribution in [0.4, 0.5) is 5.13 Å². The van der Waals surface area contributed by atoms with Crippen LogP contribution in [0.5, 0.6) is 5.75 Å². The molecule has 0 fully saturated rings. The first kappa shape index (κ1) is 17.4. The van der Waals surface area contributed by atoms with Gasteiger partial charge >= 0.3 is 0 Å². The summed E-state index contributed by atoms with van der Waals surface area (Å²) in [5, 5.41) is 14.9. The van der Waals surface area contributed by atoms with E-state index in [1.54, 1.807) is 18.2 Å². The smallest absolute Gasteiger partial charge is 0.230 e. The van der Waals surface area contributed by atoms with Crippen molar-refractivity contribution in [3.05, 3.63) is 59.1 Å². The molecular weight excluding hydrogens is 332 g/mol. The van der Waals surface area contributed by atoms with Crippen LogP contribution < -0.4 is 5.32 Å². The maximum Gasteiger partial charge on any atom is 0.230 e. The van der Waals surface area contributed by atoms with E-state index in [9.17, 15) is 9.90 Å². The van der Waals surface area contributed by atoms with E-state index in [0.29, 0.717) is 17.0 Å². The maximum absolute atomic E-state index is 12.2. The molecule has 3 rings (SSSR count). The molecule has 1 aromatic carbocycles. The highest BCUT2D eigenvalue weighted by atomic mass is 32.1. The second kappa shape index (κ2) is 7.66. The Morgan fingerprint density at radius 2 is 2.24 bits per heavy atom. The summed E-state index contributed by atoms with van der Waals surface area (Å²) in [6, 6.07) is 6.72. The number of allylic oxidation sites excluding steroid dienone is 4. The van der Waals surface area contributed by atoms with E-state index in [0.717, 1.165) is 23.3 Å². The second-order valence-electron chi connectivity index (χ2n) is 6.35. The van der Waals surface area contributed by atoms with Crippen LogP contribution in [0.15, 0.2) is 47.9 Å². The number of phenolic OH excluding ortho intramolecular Hbond substituents is 1. The van der Waals surface area contributed by atoms with Gasteiger partial charge < -0.3 is 10.4 Å². The normalized spacial score (nSPS) is 19.5. The number of nitrogens with zero attached hydrogens (tertiary/aromatic N) is 1. The molecule has 2 aromatic rings. The number of nitrogens with one attached hydrogen (secondary N) is 1. The van der Waals surface area contributed by atoms with Gasteiger partial charge in [-0.2, -0.15) is 0 Å². The third kappa shape index (κ3) is 4.37. The van der Waals surface area contributed by atoms with Gasteiger partial charge in [-0.05, 0) is 41.5 Å². The van der Waals surface area contributed by atoms with Crippen LogP contribution in [0.2, 0.25) is 0 Å². The molecule has 0 radical (unpaired) electrons. The first-order chi connectivity index (χ1) is 12.0. The second-order valence-corrected chi connectivity index (χ2v) is 7.20. The highest BCUT2D eigenvalue weighted by Crippen LogP contribution is 2.31. The number of thiazole rings is 1. The zero-order valence-corrected chi connectivity index (χ0v) is 15.2. The number of hydrogen-bond acceptors (Lipinski definition) is 4. The molecule has 2 N–H and O–H groups in total. The van der Waals surface area contributed by atoms with Crippen molar-refractivity contribution in [3.8, 4) is 5.75 Å². The highest BCUT2D eigenvalue weighted by Gasteiger charge is 2.17. The van der Waals surface area contributed by atoms with Crippen LogP contribution in [0.1, 0.15) is 31.5 Å². The lowest BCUT2D eigenvalue weighted by Gasteiger charge is -2.20. The van der Waals surface area contributed by atoms with E-state index in [1.807, 2.05) is 11.4 Å². The van der Waals surface area contributed by atoms with Crippen LogP contribution in [-0.2, 0) is 11.2 Å². The molecule has 130 valence electrons. The zero-order chi connectivity index (χ0) is 17.8. The molecule has 4 nitrogen and oxygen atoms in total. The minimum Gasteiger partial charge on any atom is -0.508 e. The fraction of sp³-hybridized carbons (Fsp3) is 0.300. The number of hydrogen-bond donors (Lipinski definition) is 2. The van der Waals surface area contributed by atoms with Crippen molar-refractivity contribution in [1.29, 1.82) is 0 Å².